The third-order valence-electron chi connectivity index (χ3n) is 8.32. The molecule has 2 atom stereocenters. The van der Waals surface area contributed by atoms with E-state index >= 15 is 0 Å². The number of unbranched alkanes of at least 4 members (excludes halogenated alkanes) is 13. The third-order valence-corrected chi connectivity index (χ3v) is 9.30. The summed E-state index contributed by atoms with van der Waals surface area (Å²) in [5.41, 5.74) is 0. The molecule has 54 heavy (non-hydrogen) atoms. The smallest absolute Gasteiger partial charge is 0.462 e. The Hall–Kier alpha value is -2.55. The molecule has 0 heterocycles. The van der Waals surface area contributed by atoms with Crippen LogP contribution in [-0.4, -0.2) is 74.9 Å². The van der Waals surface area contributed by atoms with Gasteiger partial charge in [0.15, 0.2) is 6.10 Å². The summed E-state index contributed by atoms with van der Waals surface area (Å²) in [7, 11) is 1.44. The van der Waals surface area contributed by atoms with Gasteiger partial charge in [0.2, 0.25) is 0 Å². The van der Waals surface area contributed by atoms with Crippen molar-refractivity contribution in [2.24, 2.45) is 0 Å². The van der Waals surface area contributed by atoms with Crippen molar-refractivity contribution in [1.29, 1.82) is 0 Å². The fraction of sp³-hybridized carbons (Fsp3) is 0.682. The number of ether oxygens (including phenoxy) is 2. The molecule has 0 amide bonds. The molecule has 0 aliphatic rings. The molecule has 0 spiro atoms. The molecule has 0 aliphatic heterocycles. The van der Waals surface area contributed by atoms with Crippen LogP contribution in [0.2, 0.25) is 0 Å². The number of nitrogens with zero attached hydrogens (tertiary/aromatic N) is 1. The molecule has 0 aliphatic carbocycles. The number of rotatable bonds is 36. The molecule has 0 saturated heterocycles. The quantitative estimate of drug-likeness (QED) is 0.0167. The first-order valence-electron chi connectivity index (χ1n) is 20.7. The Labute approximate surface area is 329 Å². The number of carbonyl (C=O) groups excluding carboxylic acids is 2. The summed E-state index contributed by atoms with van der Waals surface area (Å²) in [4.78, 5) is 35.3. The van der Waals surface area contributed by atoms with Crippen LogP contribution in [0.4, 0.5) is 0 Å². The van der Waals surface area contributed by atoms with Crippen LogP contribution >= 0.6 is 7.82 Å². The van der Waals surface area contributed by atoms with Crippen molar-refractivity contribution in [3.8, 4) is 0 Å². The van der Waals surface area contributed by atoms with Gasteiger partial charge >= 0.3 is 19.8 Å². The minimum absolute atomic E-state index is 0.0207. The van der Waals surface area contributed by atoms with Gasteiger partial charge in [-0.05, 0) is 64.2 Å². The van der Waals surface area contributed by atoms with E-state index in [0.29, 0.717) is 23.9 Å². The monoisotopic (exact) mass is 779 g/mol. The highest BCUT2D eigenvalue weighted by atomic mass is 31.2. The molecule has 0 aromatic rings. The summed E-state index contributed by atoms with van der Waals surface area (Å²) in [6.07, 6.45) is 43.7. The number of phosphoric acid groups is 1. The first kappa shape index (κ1) is 51.5. The number of allylic oxidation sites excluding steroid dienone is 12. The molecule has 0 aromatic heterocycles. The number of phosphoric ester groups is 1. The molecular formula is C44H77NO8P+. The fourth-order valence-electron chi connectivity index (χ4n) is 5.05. The standard InChI is InChI=1S/C44H76NO8P/c1-6-8-10-12-14-16-18-20-22-24-26-28-30-32-34-36-43(46)50-40-42(41-52-54(48,49)51-39-38-45(3,4)5)53-44(47)37-35-33-31-29-27-25-23-21-19-17-15-13-11-9-7-2/h8,10,12,14-18,20-23,42H,6-7,9,11,13,19,24-41H2,1-5H3/p+1/b10-8+,14-12+,17-15-,18-16+,22-20+,23-21-/t42-/m1/s1. The van der Waals surface area contributed by atoms with Gasteiger partial charge in [0.25, 0.3) is 0 Å². The fourth-order valence-corrected chi connectivity index (χ4v) is 5.79. The zero-order valence-electron chi connectivity index (χ0n) is 34.7. The minimum Gasteiger partial charge on any atom is -0.462 e. The lowest BCUT2D eigenvalue weighted by Crippen LogP contribution is -2.37. The van der Waals surface area contributed by atoms with Crippen LogP contribution in [0.1, 0.15) is 142 Å². The highest BCUT2D eigenvalue weighted by Crippen LogP contribution is 2.43. The first-order valence-corrected chi connectivity index (χ1v) is 22.2. The Kier molecular flexibility index (Phi) is 34.4. The second kappa shape index (κ2) is 36.1. The lowest BCUT2D eigenvalue weighted by molar-refractivity contribution is -0.870. The van der Waals surface area contributed by atoms with Crippen molar-refractivity contribution >= 4 is 19.8 Å². The Bertz CT molecular complexity index is 1150. The summed E-state index contributed by atoms with van der Waals surface area (Å²) in [5.74, 6) is -0.850. The molecule has 9 nitrogen and oxygen atoms in total. The van der Waals surface area contributed by atoms with E-state index in [1.807, 2.05) is 51.5 Å². The summed E-state index contributed by atoms with van der Waals surface area (Å²) in [6.45, 7) is 4.18. The van der Waals surface area contributed by atoms with Gasteiger partial charge in [-0.2, -0.15) is 0 Å². The first-order chi connectivity index (χ1) is 26.0. The van der Waals surface area contributed by atoms with Crippen LogP contribution in [0.5, 0.6) is 0 Å². The number of carbonyl (C=O) groups is 2. The van der Waals surface area contributed by atoms with Gasteiger partial charge < -0.3 is 18.9 Å². The maximum Gasteiger partial charge on any atom is 0.472 e. The highest BCUT2D eigenvalue weighted by Gasteiger charge is 2.27. The molecule has 1 N–H and O–H groups in total. The van der Waals surface area contributed by atoms with Gasteiger partial charge in [-0.3, -0.25) is 18.6 Å². The van der Waals surface area contributed by atoms with Crippen LogP contribution in [-0.2, 0) is 32.7 Å². The Balaban J connectivity index is 4.48. The Morgan fingerprint density at radius 1 is 0.611 bits per heavy atom. The Morgan fingerprint density at radius 3 is 1.72 bits per heavy atom. The normalized spacial score (nSPS) is 14.4. The number of esters is 2. The predicted molar refractivity (Wildman–Crippen MR) is 224 cm³/mol. The van der Waals surface area contributed by atoms with E-state index in [2.05, 4.69) is 56.4 Å². The number of quaternary nitrogens is 1. The molecule has 10 heteroatoms. The summed E-state index contributed by atoms with van der Waals surface area (Å²) in [5, 5.41) is 0. The topological polar surface area (TPSA) is 108 Å². The van der Waals surface area contributed by atoms with Crippen LogP contribution in [0.15, 0.2) is 72.9 Å². The second-order valence-electron chi connectivity index (χ2n) is 14.7. The number of hydrogen-bond acceptors (Lipinski definition) is 7. The van der Waals surface area contributed by atoms with Crippen molar-refractivity contribution in [3.63, 3.8) is 0 Å². The average Bonchev–Trinajstić information content (AvgIpc) is 3.12. The molecule has 0 fully saturated rings. The third kappa shape index (κ3) is 39.2. The summed E-state index contributed by atoms with van der Waals surface area (Å²) in [6, 6.07) is 0. The average molecular weight is 779 g/mol. The van der Waals surface area contributed by atoms with Gasteiger partial charge in [0, 0.05) is 12.8 Å². The maximum absolute atomic E-state index is 12.7. The SMILES string of the molecule is CC/C=C/C=C/C=C/C=C/CCCCCCCC(=O)OC[C@H](COP(=O)(O)OCC[N+](C)(C)C)OC(=O)CCCCCCC/C=C\C/C=C\CCCCC. The van der Waals surface area contributed by atoms with E-state index in [1.165, 1.54) is 25.7 Å². The van der Waals surface area contributed by atoms with Crippen LogP contribution in [0, 0.1) is 0 Å². The lowest BCUT2D eigenvalue weighted by atomic mass is 10.1. The van der Waals surface area contributed by atoms with Gasteiger partial charge in [-0.1, -0.05) is 138 Å². The zero-order valence-corrected chi connectivity index (χ0v) is 35.6. The van der Waals surface area contributed by atoms with E-state index in [1.54, 1.807) is 0 Å². The van der Waals surface area contributed by atoms with Crippen molar-refractivity contribution in [2.45, 2.75) is 148 Å². The van der Waals surface area contributed by atoms with E-state index in [-0.39, 0.29) is 26.1 Å². The predicted octanol–water partition coefficient (Wildman–Crippen LogP) is 11.5. The summed E-state index contributed by atoms with van der Waals surface area (Å²) < 4.78 is 34.2. The molecule has 0 aromatic carbocycles. The van der Waals surface area contributed by atoms with E-state index in [4.69, 9.17) is 18.5 Å². The lowest BCUT2D eigenvalue weighted by Gasteiger charge is -2.24. The summed E-state index contributed by atoms with van der Waals surface area (Å²) >= 11 is 0. The number of likely N-dealkylation sites (N-methyl/N-ethyl adjacent to an activating group) is 1. The van der Waals surface area contributed by atoms with E-state index in [0.717, 1.165) is 77.0 Å². The van der Waals surface area contributed by atoms with Crippen molar-refractivity contribution < 1.29 is 42.1 Å². The van der Waals surface area contributed by atoms with Crippen LogP contribution in [0.3, 0.4) is 0 Å². The highest BCUT2D eigenvalue weighted by molar-refractivity contribution is 7.47. The maximum atomic E-state index is 12.7. The molecule has 0 radical (unpaired) electrons. The van der Waals surface area contributed by atoms with Gasteiger partial charge in [0.05, 0.1) is 27.7 Å². The van der Waals surface area contributed by atoms with Crippen molar-refractivity contribution in [1.82, 2.24) is 0 Å². The van der Waals surface area contributed by atoms with E-state index < -0.39 is 32.5 Å². The second-order valence-corrected chi connectivity index (χ2v) is 16.2. The van der Waals surface area contributed by atoms with Crippen LogP contribution in [0.25, 0.3) is 0 Å². The van der Waals surface area contributed by atoms with Gasteiger partial charge in [-0.25, -0.2) is 4.57 Å². The van der Waals surface area contributed by atoms with Gasteiger partial charge in [-0.15, -0.1) is 0 Å². The molecule has 0 rings (SSSR count). The van der Waals surface area contributed by atoms with Crippen molar-refractivity contribution in [2.75, 3.05) is 47.5 Å². The van der Waals surface area contributed by atoms with E-state index in [9.17, 15) is 19.0 Å². The molecule has 0 saturated carbocycles. The molecule has 0 bridgehead atoms. The molecule has 1 unspecified atom stereocenters. The number of hydrogen-bond donors (Lipinski definition) is 1. The van der Waals surface area contributed by atoms with Gasteiger partial charge in [0.1, 0.15) is 19.8 Å². The van der Waals surface area contributed by atoms with Crippen molar-refractivity contribution in [3.05, 3.63) is 72.9 Å². The minimum atomic E-state index is -4.39. The zero-order chi connectivity index (χ0) is 40.0. The molecule has 310 valence electrons. The Morgan fingerprint density at radius 2 is 1.13 bits per heavy atom. The molecular weight excluding hydrogens is 701 g/mol. The largest absolute Gasteiger partial charge is 0.472 e. The van der Waals surface area contributed by atoms with Crippen LogP contribution < -0.4 is 0 Å².